The van der Waals surface area contributed by atoms with Crippen molar-refractivity contribution in [2.75, 3.05) is 33.3 Å². The molecule has 0 spiro atoms. The summed E-state index contributed by atoms with van der Waals surface area (Å²) >= 11 is 0. The highest BCUT2D eigenvalue weighted by atomic mass is 16.5. The summed E-state index contributed by atoms with van der Waals surface area (Å²) < 4.78 is 11.5. The molecule has 4 rings (SSSR count). The second-order valence-corrected chi connectivity index (χ2v) is 6.41. The van der Waals surface area contributed by atoms with Gasteiger partial charge in [0.25, 0.3) is 5.89 Å². The number of hydrogen-bond acceptors (Lipinski definition) is 6. The van der Waals surface area contributed by atoms with E-state index in [1.807, 2.05) is 24.3 Å². The van der Waals surface area contributed by atoms with Crippen LogP contribution in [-0.2, 0) is 0 Å². The fraction of sp³-hybridized carbons (Fsp3) is 0.529. The van der Waals surface area contributed by atoms with Crippen molar-refractivity contribution in [3.8, 4) is 17.2 Å². The van der Waals surface area contributed by atoms with Crippen molar-refractivity contribution in [3.05, 3.63) is 30.1 Å². The average Bonchev–Trinajstić information content (AvgIpc) is 3.29. The molecule has 1 aromatic carbocycles. The van der Waals surface area contributed by atoms with E-state index in [9.17, 15) is 0 Å². The molecule has 0 bridgehead atoms. The van der Waals surface area contributed by atoms with Gasteiger partial charge in [-0.2, -0.15) is 4.98 Å². The highest BCUT2D eigenvalue weighted by molar-refractivity contribution is 5.62. The third kappa shape index (κ3) is 3.23. The lowest BCUT2D eigenvalue weighted by Gasteiger charge is -2.30. The maximum absolute atomic E-state index is 5.94. The zero-order valence-electron chi connectivity index (χ0n) is 13.4. The molecule has 1 saturated heterocycles. The highest BCUT2D eigenvalue weighted by Crippen LogP contribution is 2.33. The van der Waals surface area contributed by atoms with Crippen LogP contribution in [0.3, 0.4) is 0 Å². The summed E-state index contributed by atoms with van der Waals surface area (Å²) in [5.74, 6) is 2.80. The Labute approximate surface area is 135 Å². The first-order valence-electron chi connectivity index (χ1n) is 8.28. The van der Waals surface area contributed by atoms with Gasteiger partial charge in [-0.15, -0.1) is 0 Å². The van der Waals surface area contributed by atoms with E-state index in [1.165, 1.54) is 12.8 Å². The Morgan fingerprint density at radius 1 is 1.35 bits per heavy atom. The summed E-state index contributed by atoms with van der Waals surface area (Å²) in [7, 11) is 2.09. The van der Waals surface area contributed by atoms with Gasteiger partial charge in [-0.05, 0) is 37.9 Å². The molecular weight excluding hydrogens is 292 g/mol. The van der Waals surface area contributed by atoms with Crippen molar-refractivity contribution < 1.29 is 9.26 Å². The third-order valence-corrected chi connectivity index (χ3v) is 4.54. The van der Waals surface area contributed by atoms with Crippen LogP contribution in [0.4, 0.5) is 0 Å². The lowest BCUT2D eigenvalue weighted by Crippen LogP contribution is -2.44. The molecule has 0 radical (unpaired) electrons. The fourth-order valence-corrected chi connectivity index (χ4v) is 2.84. The third-order valence-electron chi connectivity index (χ3n) is 4.54. The SMILES string of the molecule is CN1CCNCC1c1noc(-c2ccccc2OCC2CC2)n1. The molecule has 1 aromatic heterocycles. The maximum atomic E-state index is 5.94. The lowest BCUT2D eigenvalue weighted by atomic mass is 10.2. The van der Waals surface area contributed by atoms with Gasteiger partial charge >= 0.3 is 0 Å². The van der Waals surface area contributed by atoms with E-state index in [-0.39, 0.29) is 6.04 Å². The minimum atomic E-state index is 0.154. The molecule has 2 aromatic rings. The molecule has 1 N–H and O–H groups in total. The number of rotatable bonds is 5. The summed E-state index contributed by atoms with van der Waals surface area (Å²) in [5, 5.41) is 7.57. The van der Waals surface area contributed by atoms with Crippen molar-refractivity contribution in [2.24, 2.45) is 5.92 Å². The monoisotopic (exact) mass is 314 g/mol. The van der Waals surface area contributed by atoms with Gasteiger partial charge in [-0.25, -0.2) is 0 Å². The quantitative estimate of drug-likeness (QED) is 0.912. The molecule has 6 nitrogen and oxygen atoms in total. The number of hydrogen-bond donors (Lipinski definition) is 1. The molecule has 1 atom stereocenters. The topological polar surface area (TPSA) is 63.4 Å². The largest absolute Gasteiger partial charge is 0.492 e. The summed E-state index contributed by atoms with van der Waals surface area (Å²) in [6.45, 7) is 3.59. The Morgan fingerprint density at radius 3 is 3.04 bits per heavy atom. The smallest absolute Gasteiger partial charge is 0.261 e. The molecular formula is C17H22N4O2. The number of nitrogens with zero attached hydrogens (tertiary/aromatic N) is 3. The molecule has 2 aliphatic rings. The number of benzene rings is 1. The minimum absolute atomic E-state index is 0.154. The van der Waals surface area contributed by atoms with Crippen molar-refractivity contribution in [3.63, 3.8) is 0 Å². The molecule has 0 amide bonds. The van der Waals surface area contributed by atoms with E-state index in [0.717, 1.165) is 43.4 Å². The van der Waals surface area contributed by atoms with Crippen molar-refractivity contribution in [1.82, 2.24) is 20.4 Å². The number of nitrogens with one attached hydrogen (secondary N) is 1. The number of aromatic nitrogens is 2. The van der Waals surface area contributed by atoms with Gasteiger partial charge in [0.2, 0.25) is 0 Å². The van der Waals surface area contributed by atoms with E-state index in [0.29, 0.717) is 11.8 Å². The normalized spacial score (nSPS) is 22.2. The molecule has 6 heteroatoms. The number of ether oxygens (including phenoxy) is 1. The minimum Gasteiger partial charge on any atom is -0.492 e. The highest BCUT2D eigenvalue weighted by Gasteiger charge is 2.27. The van der Waals surface area contributed by atoms with Gasteiger partial charge in [0.1, 0.15) is 5.75 Å². The molecule has 2 heterocycles. The van der Waals surface area contributed by atoms with Gasteiger partial charge in [0.15, 0.2) is 5.82 Å². The van der Waals surface area contributed by atoms with E-state index in [1.54, 1.807) is 0 Å². The first-order chi connectivity index (χ1) is 11.3. The zero-order chi connectivity index (χ0) is 15.6. The van der Waals surface area contributed by atoms with Gasteiger partial charge < -0.3 is 14.6 Å². The van der Waals surface area contributed by atoms with E-state index < -0.39 is 0 Å². The Balaban J connectivity index is 1.56. The summed E-state index contributed by atoms with van der Waals surface area (Å²) in [6.07, 6.45) is 2.54. The van der Waals surface area contributed by atoms with Crippen LogP contribution in [0.15, 0.2) is 28.8 Å². The molecule has 122 valence electrons. The summed E-state index contributed by atoms with van der Waals surface area (Å²) in [6, 6.07) is 8.04. The van der Waals surface area contributed by atoms with E-state index in [2.05, 4.69) is 27.4 Å². The van der Waals surface area contributed by atoms with Crippen LogP contribution in [0.25, 0.3) is 11.5 Å². The first-order valence-corrected chi connectivity index (χ1v) is 8.28. The molecule has 1 saturated carbocycles. The van der Waals surface area contributed by atoms with Gasteiger partial charge in [0.05, 0.1) is 18.2 Å². The van der Waals surface area contributed by atoms with Crippen LogP contribution in [0.1, 0.15) is 24.7 Å². The second kappa shape index (κ2) is 6.29. The van der Waals surface area contributed by atoms with Crippen LogP contribution in [-0.4, -0.2) is 48.3 Å². The molecule has 1 unspecified atom stereocenters. The molecule has 1 aliphatic carbocycles. The summed E-state index contributed by atoms with van der Waals surface area (Å²) in [4.78, 5) is 6.87. The molecule has 23 heavy (non-hydrogen) atoms. The predicted molar refractivity (Wildman–Crippen MR) is 86.2 cm³/mol. The van der Waals surface area contributed by atoms with Crippen molar-refractivity contribution in [1.29, 1.82) is 0 Å². The molecule has 1 aliphatic heterocycles. The van der Waals surface area contributed by atoms with Gasteiger partial charge in [-0.3, -0.25) is 4.90 Å². The second-order valence-electron chi connectivity index (χ2n) is 6.41. The van der Waals surface area contributed by atoms with Crippen LogP contribution in [0.5, 0.6) is 5.75 Å². The van der Waals surface area contributed by atoms with Crippen molar-refractivity contribution in [2.45, 2.75) is 18.9 Å². The standard InChI is InChI=1S/C17H22N4O2/c1-21-9-8-18-10-14(21)16-19-17(23-20-16)13-4-2-3-5-15(13)22-11-12-6-7-12/h2-5,12,14,18H,6-11H2,1H3. The number of para-hydroxylation sites is 1. The van der Waals surface area contributed by atoms with Crippen LogP contribution >= 0.6 is 0 Å². The predicted octanol–water partition coefficient (Wildman–Crippen LogP) is 2.10. The Kier molecular flexibility index (Phi) is 4.01. The number of likely N-dealkylation sites (N-methyl/N-ethyl adjacent to an activating group) is 1. The van der Waals surface area contributed by atoms with Crippen LogP contribution < -0.4 is 10.1 Å². The summed E-state index contributed by atoms with van der Waals surface area (Å²) in [5.41, 5.74) is 0.873. The van der Waals surface area contributed by atoms with Crippen LogP contribution in [0, 0.1) is 5.92 Å². The van der Waals surface area contributed by atoms with Crippen LogP contribution in [0.2, 0.25) is 0 Å². The Morgan fingerprint density at radius 2 is 2.22 bits per heavy atom. The lowest BCUT2D eigenvalue weighted by molar-refractivity contribution is 0.190. The van der Waals surface area contributed by atoms with E-state index >= 15 is 0 Å². The fourth-order valence-electron chi connectivity index (χ4n) is 2.84. The van der Waals surface area contributed by atoms with Crippen molar-refractivity contribution >= 4 is 0 Å². The maximum Gasteiger partial charge on any atom is 0.261 e. The number of piperazine rings is 1. The Bertz CT molecular complexity index is 668. The Hall–Kier alpha value is -1.92. The molecule has 2 fully saturated rings. The first kappa shape index (κ1) is 14.7. The van der Waals surface area contributed by atoms with Gasteiger partial charge in [-0.1, -0.05) is 17.3 Å². The van der Waals surface area contributed by atoms with E-state index in [4.69, 9.17) is 9.26 Å². The van der Waals surface area contributed by atoms with Gasteiger partial charge in [0, 0.05) is 19.6 Å². The zero-order valence-corrected chi connectivity index (χ0v) is 13.4. The average molecular weight is 314 g/mol.